The number of aromatic hydroxyl groups is 2. The molecule has 3 rings (SSSR count). The molecule has 0 radical (unpaired) electrons. The Morgan fingerprint density at radius 2 is 1.56 bits per heavy atom. The van der Waals surface area contributed by atoms with E-state index in [0.29, 0.717) is 6.61 Å². The molecule has 0 saturated carbocycles. The summed E-state index contributed by atoms with van der Waals surface area (Å²) in [6, 6.07) is 12.3. The lowest BCUT2D eigenvalue weighted by Gasteiger charge is -2.26. The van der Waals surface area contributed by atoms with E-state index < -0.39 is 0 Å². The fourth-order valence-corrected chi connectivity index (χ4v) is 2.70. The smallest absolute Gasteiger partial charge is 0.119 e. The van der Waals surface area contributed by atoms with E-state index in [1.165, 1.54) is 6.07 Å². The van der Waals surface area contributed by atoms with E-state index >= 15 is 0 Å². The van der Waals surface area contributed by atoms with E-state index in [9.17, 15) is 10.2 Å². The van der Waals surface area contributed by atoms with Crippen LogP contribution in [-0.2, 0) is 4.74 Å². The van der Waals surface area contributed by atoms with Crippen LogP contribution in [0.1, 0.15) is 11.1 Å². The van der Waals surface area contributed by atoms with Crippen LogP contribution in [0.15, 0.2) is 42.5 Å². The lowest BCUT2D eigenvalue weighted by Crippen LogP contribution is -2.38. The zero-order chi connectivity index (χ0) is 17.5. The zero-order valence-electron chi connectivity index (χ0n) is 14.1. The standard InChI is InChI=1S/C20H23NO4/c22-18-13-17(14-19(23)15-18)2-1-16-3-5-20(6-4-16)25-12-9-21-7-10-24-11-8-21/h1-6,13-15,22-23H,7-12H2/b2-1+. The van der Waals surface area contributed by atoms with Crippen LogP contribution in [0.25, 0.3) is 12.2 Å². The van der Waals surface area contributed by atoms with Gasteiger partial charge in [0.2, 0.25) is 0 Å². The Kier molecular flexibility index (Phi) is 5.93. The highest BCUT2D eigenvalue weighted by atomic mass is 16.5. The van der Waals surface area contributed by atoms with Gasteiger partial charge in [-0.1, -0.05) is 24.3 Å². The van der Waals surface area contributed by atoms with Crippen molar-refractivity contribution < 1.29 is 19.7 Å². The van der Waals surface area contributed by atoms with Gasteiger partial charge in [-0.2, -0.15) is 0 Å². The highest BCUT2D eigenvalue weighted by Gasteiger charge is 2.09. The molecule has 1 saturated heterocycles. The van der Waals surface area contributed by atoms with Gasteiger partial charge in [0.25, 0.3) is 0 Å². The van der Waals surface area contributed by atoms with Crippen molar-refractivity contribution in [3.63, 3.8) is 0 Å². The molecular formula is C20H23NO4. The third-order valence-corrected chi connectivity index (χ3v) is 4.05. The summed E-state index contributed by atoms with van der Waals surface area (Å²) in [5.74, 6) is 0.938. The molecule has 5 heteroatoms. The van der Waals surface area contributed by atoms with Gasteiger partial charge < -0.3 is 19.7 Å². The molecule has 2 aromatic carbocycles. The van der Waals surface area contributed by atoms with Crippen LogP contribution in [-0.4, -0.2) is 54.6 Å². The zero-order valence-corrected chi connectivity index (χ0v) is 14.1. The quantitative estimate of drug-likeness (QED) is 0.791. The Labute approximate surface area is 147 Å². The number of phenols is 2. The van der Waals surface area contributed by atoms with Gasteiger partial charge in [-0.3, -0.25) is 4.90 Å². The van der Waals surface area contributed by atoms with Crippen LogP contribution in [0.2, 0.25) is 0 Å². The average molecular weight is 341 g/mol. The second-order valence-corrected chi connectivity index (χ2v) is 5.99. The molecular weight excluding hydrogens is 318 g/mol. The Hall–Kier alpha value is -2.50. The number of phenolic OH excluding ortho intramolecular Hbond substituents is 2. The van der Waals surface area contributed by atoms with Crippen molar-refractivity contribution in [1.82, 2.24) is 4.90 Å². The van der Waals surface area contributed by atoms with Crippen molar-refractivity contribution in [2.24, 2.45) is 0 Å². The molecule has 0 amide bonds. The highest BCUT2D eigenvalue weighted by molar-refractivity contribution is 5.71. The van der Waals surface area contributed by atoms with Gasteiger partial charge in [0.05, 0.1) is 13.2 Å². The number of nitrogens with zero attached hydrogens (tertiary/aromatic N) is 1. The van der Waals surface area contributed by atoms with Crippen LogP contribution in [0.5, 0.6) is 17.2 Å². The van der Waals surface area contributed by atoms with Crippen molar-refractivity contribution in [2.75, 3.05) is 39.5 Å². The Balaban J connectivity index is 1.50. The SMILES string of the molecule is Oc1cc(O)cc(/C=C/c2ccc(OCCN3CCOCC3)cc2)c1. The first kappa shape index (κ1) is 17.3. The molecule has 1 heterocycles. The summed E-state index contributed by atoms with van der Waals surface area (Å²) in [5.41, 5.74) is 1.76. The van der Waals surface area contributed by atoms with E-state index in [2.05, 4.69) is 4.90 Å². The third-order valence-electron chi connectivity index (χ3n) is 4.05. The average Bonchev–Trinajstić information content (AvgIpc) is 2.61. The summed E-state index contributed by atoms with van der Waals surface area (Å²) in [6.07, 6.45) is 3.76. The van der Waals surface area contributed by atoms with Gasteiger partial charge >= 0.3 is 0 Å². The van der Waals surface area contributed by atoms with Crippen LogP contribution >= 0.6 is 0 Å². The number of ether oxygens (including phenoxy) is 2. The third kappa shape index (κ3) is 5.52. The number of hydrogen-bond acceptors (Lipinski definition) is 5. The van der Waals surface area contributed by atoms with E-state index in [1.807, 2.05) is 36.4 Å². The minimum atomic E-state index is 0.0451. The molecule has 0 aromatic heterocycles. The summed E-state index contributed by atoms with van der Waals surface area (Å²) in [4.78, 5) is 2.34. The number of rotatable bonds is 6. The van der Waals surface area contributed by atoms with E-state index in [4.69, 9.17) is 9.47 Å². The summed E-state index contributed by atoms with van der Waals surface area (Å²) in [5, 5.41) is 19.0. The molecule has 2 aromatic rings. The number of benzene rings is 2. The first-order chi connectivity index (χ1) is 12.2. The summed E-state index contributed by atoms with van der Waals surface area (Å²) >= 11 is 0. The maximum absolute atomic E-state index is 9.48. The fraction of sp³-hybridized carbons (Fsp3) is 0.300. The van der Waals surface area contributed by atoms with Crippen molar-refractivity contribution in [3.8, 4) is 17.2 Å². The van der Waals surface area contributed by atoms with Crippen LogP contribution in [0, 0.1) is 0 Å². The predicted octanol–water partition coefficient (Wildman–Crippen LogP) is 2.98. The molecule has 0 unspecified atom stereocenters. The second-order valence-electron chi connectivity index (χ2n) is 5.99. The van der Waals surface area contributed by atoms with Crippen LogP contribution < -0.4 is 4.74 Å². The van der Waals surface area contributed by atoms with Crippen molar-refractivity contribution in [3.05, 3.63) is 53.6 Å². The summed E-state index contributed by atoms with van der Waals surface area (Å²) in [6.45, 7) is 5.12. The first-order valence-corrected chi connectivity index (χ1v) is 8.43. The largest absolute Gasteiger partial charge is 0.508 e. The molecule has 132 valence electrons. The Bertz CT molecular complexity index is 686. The first-order valence-electron chi connectivity index (χ1n) is 8.43. The molecule has 5 nitrogen and oxygen atoms in total. The van der Waals surface area contributed by atoms with Crippen LogP contribution in [0.3, 0.4) is 0 Å². The summed E-state index contributed by atoms with van der Waals surface area (Å²) in [7, 11) is 0. The number of morpholine rings is 1. The molecule has 2 N–H and O–H groups in total. The molecule has 0 spiro atoms. The van der Waals surface area contributed by atoms with E-state index in [-0.39, 0.29) is 11.5 Å². The van der Waals surface area contributed by atoms with E-state index in [1.54, 1.807) is 12.1 Å². The van der Waals surface area contributed by atoms with Gasteiger partial charge in [0.1, 0.15) is 23.9 Å². The maximum atomic E-state index is 9.48. The highest BCUT2D eigenvalue weighted by Crippen LogP contribution is 2.22. The van der Waals surface area contributed by atoms with Gasteiger partial charge in [-0.05, 0) is 35.4 Å². The molecule has 0 atom stereocenters. The molecule has 1 aliphatic rings. The lowest BCUT2D eigenvalue weighted by molar-refractivity contribution is 0.0322. The normalized spacial score (nSPS) is 15.5. The van der Waals surface area contributed by atoms with Gasteiger partial charge in [-0.15, -0.1) is 0 Å². The van der Waals surface area contributed by atoms with Crippen molar-refractivity contribution in [1.29, 1.82) is 0 Å². The second kappa shape index (κ2) is 8.55. The maximum Gasteiger partial charge on any atom is 0.119 e. The van der Waals surface area contributed by atoms with Gasteiger partial charge in [0, 0.05) is 25.7 Å². The summed E-state index contributed by atoms with van der Waals surface area (Å²) < 4.78 is 11.1. The molecule has 1 fully saturated rings. The van der Waals surface area contributed by atoms with Gasteiger partial charge in [0.15, 0.2) is 0 Å². The lowest BCUT2D eigenvalue weighted by atomic mass is 10.1. The van der Waals surface area contributed by atoms with E-state index in [0.717, 1.165) is 49.7 Å². The van der Waals surface area contributed by atoms with Crippen molar-refractivity contribution in [2.45, 2.75) is 0 Å². The Morgan fingerprint density at radius 3 is 2.24 bits per heavy atom. The molecule has 0 bridgehead atoms. The topological polar surface area (TPSA) is 62.2 Å². The minimum Gasteiger partial charge on any atom is -0.508 e. The van der Waals surface area contributed by atoms with Crippen molar-refractivity contribution >= 4 is 12.2 Å². The Morgan fingerprint density at radius 1 is 0.920 bits per heavy atom. The predicted molar refractivity (Wildman–Crippen MR) is 97.9 cm³/mol. The monoisotopic (exact) mass is 341 g/mol. The van der Waals surface area contributed by atoms with Crippen LogP contribution in [0.4, 0.5) is 0 Å². The molecule has 1 aliphatic heterocycles. The minimum absolute atomic E-state index is 0.0451. The fourth-order valence-electron chi connectivity index (χ4n) is 2.70. The number of hydrogen-bond donors (Lipinski definition) is 2. The van der Waals surface area contributed by atoms with Gasteiger partial charge in [-0.25, -0.2) is 0 Å². The molecule has 25 heavy (non-hydrogen) atoms. The molecule has 0 aliphatic carbocycles.